The maximum atomic E-state index is 9.00. The monoisotopic (exact) mass is 200 g/mol. The van der Waals surface area contributed by atoms with Gasteiger partial charge in [-0.05, 0) is 39.2 Å². The van der Waals surface area contributed by atoms with E-state index in [1.54, 1.807) is 0 Å². The average molecular weight is 200 g/mol. The van der Waals surface area contributed by atoms with Gasteiger partial charge in [0, 0.05) is 6.92 Å². The summed E-state index contributed by atoms with van der Waals surface area (Å²) in [7, 11) is 0. The average Bonchev–Trinajstić information content (AvgIpc) is 2.02. The van der Waals surface area contributed by atoms with Gasteiger partial charge in [0.1, 0.15) is 0 Å². The third kappa shape index (κ3) is 22.4. The lowest BCUT2D eigenvalue weighted by Crippen LogP contribution is -1.78. The van der Waals surface area contributed by atoms with Crippen LogP contribution in [-0.4, -0.2) is 16.2 Å². The van der Waals surface area contributed by atoms with Gasteiger partial charge in [-0.1, -0.05) is 11.6 Å². The van der Waals surface area contributed by atoms with Crippen LogP contribution >= 0.6 is 0 Å². The Hall–Kier alpha value is -1.25. The van der Waals surface area contributed by atoms with Crippen LogP contribution in [0.1, 0.15) is 40.5 Å². The van der Waals surface area contributed by atoms with Crippen molar-refractivity contribution in [3.63, 3.8) is 0 Å². The van der Waals surface area contributed by atoms with Crippen LogP contribution in [0.3, 0.4) is 0 Å². The molecule has 0 heterocycles. The van der Waals surface area contributed by atoms with Gasteiger partial charge in [-0.2, -0.15) is 0 Å². The van der Waals surface area contributed by atoms with E-state index in [0.29, 0.717) is 0 Å². The molecule has 0 atom stereocenters. The van der Waals surface area contributed by atoms with Crippen molar-refractivity contribution in [2.45, 2.75) is 40.5 Å². The largest absolute Gasteiger partial charge is 0.516 e. The molecule has 0 aromatic rings. The smallest absolute Gasteiger partial charge is 0.300 e. The normalized spacial score (nSPS) is 9.86. The molecule has 0 aromatic heterocycles. The molecule has 0 saturated heterocycles. The summed E-state index contributed by atoms with van der Waals surface area (Å²) in [6.45, 7) is 7.18. The van der Waals surface area contributed by atoms with Crippen LogP contribution in [0.4, 0.5) is 0 Å². The zero-order valence-corrected chi connectivity index (χ0v) is 9.37. The molecule has 0 rings (SSSR count). The zero-order valence-electron chi connectivity index (χ0n) is 9.37. The number of allylic oxidation sites excluding steroid dienone is 3. The van der Waals surface area contributed by atoms with Crippen molar-refractivity contribution in [1.29, 1.82) is 0 Å². The summed E-state index contributed by atoms with van der Waals surface area (Å²) >= 11 is 0. The van der Waals surface area contributed by atoms with Crippen LogP contribution in [0.2, 0.25) is 0 Å². The molecule has 0 saturated carbocycles. The summed E-state index contributed by atoms with van der Waals surface area (Å²) in [5.41, 5.74) is 2.38. The predicted octanol–water partition coefficient (Wildman–Crippen LogP) is 3.29. The van der Waals surface area contributed by atoms with E-state index in [-0.39, 0.29) is 0 Å². The van der Waals surface area contributed by atoms with E-state index in [2.05, 4.69) is 19.9 Å². The highest BCUT2D eigenvalue weighted by atomic mass is 16.4. The van der Waals surface area contributed by atoms with E-state index in [4.69, 9.17) is 15.0 Å². The standard InChI is InChI=1S/C9H16O.C2H4O2/c1-8(2)5-4-6-9(3)7-10;1-2(3)4/h5,7,10H,4,6H2,1-3H3;1H3,(H,3,4). The molecule has 0 fully saturated rings. The summed E-state index contributed by atoms with van der Waals surface area (Å²) in [4.78, 5) is 9.00. The van der Waals surface area contributed by atoms with E-state index in [1.807, 2.05) is 6.92 Å². The molecule has 0 unspecified atom stereocenters. The van der Waals surface area contributed by atoms with Gasteiger partial charge in [-0.15, -0.1) is 0 Å². The number of carboxylic acids is 1. The molecule has 0 amide bonds. The molecule has 0 bridgehead atoms. The van der Waals surface area contributed by atoms with E-state index in [9.17, 15) is 0 Å². The van der Waals surface area contributed by atoms with Crippen LogP contribution < -0.4 is 0 Å². The second-order valence-electron chi connectivity index (χ2n) is 3.31. The summed E-state index contributed by atoms with van der Waals surface area (Å²) in [6, 6.07) is 0. The summed E-state index contributed by atoms with van der Waals surface area (Å²) in [6.07, 6.45) is 5.35. The minimum absolute atomic E-state index is 0.833. The SMILES string of the molecule is CC(=O)O.CC(C)=CCCC(C)=CO. The first-order valence-corrected chi connectivity index (χ1v) is 4.53. The zero-order chi connectivity index (χ0) is 11.6. The Morgan fingerprint density at radius 2 is 1.64 bits per heavy atom. The topological polar surface area (TPSA) is 57.5 Å². The first-order chi connectivity index (χ1) is 6.40. The number of aliphatic hydroxyl groups is 1. The third-order valence-corrected chi connectivity index (χ3v) is 1.31. The Morgan fingerprint density at radius 1 is 1.21 bits per heavy atom. The highest BCUT2D eigenvalue weighted by Crippen LogP contribution is 2.04. The van der Waals surface area contributed by atoms with Gasteiger partial charge in [0.15, 0.2) is 0 Å². The molecule has 14 heavy (non-hydrogen) atoms. The van der Waals surface area contributed by atoms with Crippen LogP contribution in [-0.2, 0) is 4.79 Å². The maximum Gasteiger partial charge on any atom is 0.300 e. The summed E-state index contributed by atoms with van der Waals surface area (Å²) in [5, 5.41) is 15.9. The van der Waals surface area contributed by atoms with Gasteiger partial charge in [0.25, 0.3) is 5.97 Å². The van der Waals surface area contributed by atoms with Crippen LogP contribution in [0.5, 0.6) is 0 Å². The van der Waals surface area contributed by atoms with E-state index < -0.39 is 5.97 Å². The maximum absolute atomic E-state index is 9.00. The molecule has 0 radical (unpaired) electrons. The minimum Gasteiger partial charge on any atom is -0.516 e. The summed E-state index contributed by atoms with van der Waals surface area (Å²) < 4.78 is 0. The highest BCUT2D eigenvalue weighted by molar-refractivity contribution is 5.62. The Bertz CT molecular complexity index is 207. The second kappa shape index (κ2) is 9.84. The Labute approximate surface area is 85.8 Å². The molecule has 0 spiro atoms. The predicted molar refractivity (Wildman–Crippen MR) is 58.4 cm³/mol. The van der Waals surface area contributed by atoms with Gasteiger partial charge in [-0.25, -0.2) is 0 Å². The van der Waals surface area contributed by atoms with Crippen molar-refractivity contribution in [1.82, 2.24) is 0 Å². The van der Waals surface area contributed by atoms with Gasteiger partial charge < -0.3 is 10.2 Å². The Morgan fingerprint density at radius 3 is 1.93 bits per heavy atom. The highest BCUT2D eigenvalue weighted by Gasteiger charge is 1.86. The van der Waals surface area contributed by atoms with Crippen molar-refractivity contribution in [3.8, 4) is 0 Å². The fraction of sp³-hybridized carbons (Fsp3) is 0.545. The van der Waals surface area contributed by atoms with Gasteiger partial charge in [0.2, 0.25) is 0 Å². The Balaban J connectivity index is 0. The molecule has 82 valence electrons. The van der Waals surface area contributed by atoms with Crippen LogP contribution in [0.25, 0.3) is 0 Å². The number of aliphatic carboxylic acids is 1. The van der Waals surface area contributed by atoms with E-state index >= 15 is 0 Å². The fourth-order valence-corrected chi connectivity index (χ4v) is 0.653. The van der Waals surface area contributed by atoms with Crippen LogP contribution in [0.15, 0.2) is 23.5 Å². The van der Waals surface area contributed by atoms with Crippen molar-refractivity contribution >= 4 is 5.97 Å². The summed E-state index contributed by atoms with van der Waals surface area (Å²) in [5.74, 6) is -0.833. The minimum atomic E-state index is -0.833. The molecular weight excluding hydrogens is 180 g/mol. The van der Waals surface area contributed by atoms with Crippen molar-refractivity contribution in [3.05, 3.63) is 23.5 Å². The van der Waals surface area contributed by atoms with Gasteiger partial charge in [-0.3, -0.25) is 4.79 Å². The molecule has 0 aromatic carbocycles. The molecule has 2 N–H and O–H groups in total. The fourth-order valence-electron chi connectivity index (χ4n) is 0.653. The third-order valence-electron chi connectivity index (χ3n) is 1.31. The molecule has 0 aliphatic heterocycles. The van der Waals surface area contributed by atoms with Crippen molar-refractivity contribution in [2.24, 2.45) is 0 Å². The van der Waals surface area contributed by atoms with E-state index in [1.165, 1.54) is 11.8 Å². The van der Waals surface area contributed by atoms with E-state index in [0.717, 1.165) is 25.3 Å². The molecule has 3 nitrogen and oxygen atoms in total. The number of carbonyl (C=O) groups is 1. The quantitative estimate of drug-likeness (QED) is 0.543. The van der Waals surface area contributed by atoms with Crippen molar-refractivity contribution in [2.75, 3.05) is 0 Å². The lowest BCUT2D eigenvalue weighted by atomic mass is 10.1. The molecule has 0 aliphatic rings. The first-order valence-electron chi connectivity index (χ1n) is 4.53. The molecular formula is C11H20O3. The number of carboxylic acid groups (broad SMARTS) is 1. The van der Waals surface area contributed by atoms with Gasteiger partial charge >= 0.3 is 0 Å². The van der Waals surface area contributed by atoms with Crippen molar-refractivity contribution < 1.29 is 15.0 Å². The lowest BCUT2D eigenvalue weighted by molar-refractivity contribution is -0.134. The lowest BCUT2D eigenvalue weighted by Gasteiger charge is -1.94. The number of hydrogen-bond donors (Lipinski definition) is 2. The number of hydrogen-bond acceptors (Lipinski definition) is 2. The number of rotatable bonds is 3. The Kier molecular flexibility index (Phi) is 10.7. The van der Waals surface area contributed by atoms with Gasteiger partial charge in [0.05, 0.1) is 6.26 Å². The first kappa shape index (κ1) is 15.2. The number of aliphatic hydroxyl groups excluding tert-OH is 1. The molecule has 3 heteroatoms. The van der Waals surface area contributed by atoms with Crippen LogP contribution in [0, 0.1) is 0 Å². The molecule has 0 aliphatic carbocycles. The second-order valence-corrected chi connectivity index (χ2v) is 3.31.